The summed E-state index contributed by atoms with van der Waals surface area (Å²) in [5.74, 6) is 5.44. The molecule has 19 heavy (non-hydrogen) atoms. The third-order valence-corrected chi connectivity index (χ3v) is 2.55. The van der Waals surface area contributed by atoms with Gasteiger partial charge in [-0.3, -0.25) is 4.79 Å². The molecule has 1 fully saturated rings. The molecular formula is C15H16O4. The first kappa shape index (κ1) is 13.6. The van der Waals surface area contributed by atoms with Crippen molar-refractivity contribution < 1.29 is 19.0 Å². The maximum absolute atomic E-state index is 11.1. The van der Waals surface area contributed by atoms with E-state index in [1.807, 2.05) is 24.3 Å². The molecule has 1 saturated heterocycles. The van der Waals surface area contributed by atoms with Gasteiger partial charge in [-0.15, -0.1) is 0 Å². The molecule has 100 valence electrons. The molecule has 4 heteroatoms. The molecular weight excluding hydrogens is 244 g/mol. The topological polar surface area (TPSA) is 44.8 Å². The van der Waals surface area contributed by atoms with Crippen molar-refractivity contribution in [2.75, 3.05) is 19.8 Å². The van der Waals surface area contributed by atoms with Crippen LogP contribution in [0.15, 0.2) is 24.3 Å². The second-order valence-electron chi connectivity index (χ2n) is 3.98. The molecule has 1 aromatic rings. The quantitative estimate of drug-likeness (QED) is 0.616. The van der Waals surface area contributed by atoms with E-state index in [-0.39, 0.29) is 18.7 Å². The standard InChI is InChI=1S/C15H16O4/c1-2-17-14(16)8-4-6-12-5-3-7-13(11-12)15-18-9-10-19-15/h3,5,7,11,15H,2,8-10H2,1H3. The maximum atomic E-state index is 11.1. The molecule has 1 heterocycles. The van der Waals surface area contributed by atoms with E-state index < -0.39 is 0 Å². The summed E-state index contributed by atoms with van der Waals surface area (Å²) in [5, 5.41) is 0. The summed E-state index contributed by atoms with van der Waals surface area (Å²) in [7, 11) is 0. The van der Waals surface area contributed by atoms with Crippen molar-refractivity contribution in [1.82, 2.24) is 0 Å². The van der Waals surface area contributed by atoms with Gasteiger partial charge in [-0.25, -0.2) is 0 Å². The van der Waals surface area contributed by atoms with Gasteiger partial charge in [0.2, 0.25) is 0 Å². The molecule has 1 aliphatic rings. The predicted molar refractivity (Wildman–Crippen MR) is 69.2 cm³/mol. The Balaban J connectivity index is 1.99. The molecule has 1 aliphatic heterocycles. The lowest BCUT2D eigenvalue weighted by molar-refractivity contribution is -0.141. The van der Waals surface area contributed by atoms with Gasteiger partial charge in [0.05, 0.1) is 19.8 Å². The number of carbonyl (C=O) groups is 1. The molecule has 0 unspecified atom stereocenters. The fourth-order valence-corrected chi connectivity index (χ4v) is 1.74. The van der Waals surface area contributed by atoms with Gasteiger partial charge in [-0.1, -0.05) is 24.0 Å². The molecule has 2 rings (SSSR count). The minimum absolute atomic E-state index is 0.106. The van der Waals surface area contributed by atoms with Crippen LogP contribution in [0.3, 0.4) is 0 Å². The molecule has 0 aromatic heterocycles. The number of esters is 1. The highest BCUT2D eigenvalue weighted by molar-refractivity contribution is 5.72. The molecule has 0 bridgehead atoms. The zero-order chi connectivity index (χ0) is 13.5. The monoisotopic (exact) mass is 260 g/mol. The molecule has 0 radical (unpaired) electrons. The summed E-state index contributed by atoms with van der Waals surface area (Å²) in [6.07, 6.45) is -0.194. The van der Waals surface area contributed by atoms with Crippen LogP contribution in [0.1, 0.15) is 30.8 Å². The summed E-state index contributed by atoms with van der Waals surface area (Å²) in [4.78, 5) is 11.1. The van der Waals surface area contributed by atoms with Gasteiger partial charge in [0.25, 0.3) is 0 Å². The van der Waals surface area contributed by atoms with Gasteiger partial charge < -0.3 is 14.2 Å². The second kappa shape index (κ2) is 6.93. The average Bonchev–Trinajstić information content (AvgIpc) is 2.93. The second-order valence-corrected chi connectivity index (χ2v) is 3.98. The third kappa shape index (κ3) is 4.09. The molecule has 4 nitrogen and oxygen atoms in total. The molecule has 0 aliphatic carbocycles. The fraction of sp³-hybridized carbons (Fsp3) is 0.400. The smallest absolute Gasteiger partial charge is 0.317 e. The molecule has 0 N–H and O–H groups in total. The summed E-state index contributed by atoms with van der Waals surface area (Å²) in [6, 6.07) is 7.63. The highest BCUT2D eigenvalue weighted by Crippen LogP contribution is 2.23. The van der Waals surface area contributed by atoms with E-state index in [9.17, 15) is 4.79 Å². The van der Waals surface area contributed by atoms with Crippen LogP contribution in [-0.2, 0) is 19.0 Å². The Bertz CT molecular complexity index is 492. The number of benzene rings is 1. The zero-order valence-electron chi connectivity index (χ0n) is 10.8. The lowest BCUT2D eigenvalue weighted by Gasteiger charge is -2.08. The SMILES string of the molecule is CCOC(=O)CC#Cc1cccc(C2OCCO2)c1. The Morgan fingerprint density at radius 2 is 2.21 bits per heavy atom. The predicted octanol–water partition coefficient (Wildman–Crippen LogP) is 2.04. The van der Waals surface area contributed by atoms with Crippen LogP contribution in [0.2, 0.25) is 0 Å². The number of hydrogen-bond acceptors (Lipinski definition) is 4. The van der Waals surface area contributed by atoms with Crippen LogP contribution < -0.4 is 0 Å². The molecule has 0 saturated carbocycles. The van der Waals surface area contributed by atoms with Crippen LogP contribution in [0.4, 0.5) is 0 Å². The van der Waals surface area contributed by atoms with Crippen molar-refractivity contribution in [1.29, 1.82) is 0 Å². The normalized spacial score (nSPS) is 14.8. The largest absolute Gasteiger partial charge is 0.465 e. The van der Waals surface area contributed by atoms with Crippen LogP contribution in [0.25, 0.3) is 0 Å². The van der Waals surface area contributed by atoms with Gasteiger partial charge in [-0.05, 0) is 19.1 Å². The summed E-state index contributed by atoms with van der Waals surface area (Å²) in [6.45, 7) is 3.38. The van der Waals surface area contributed by atoms with Crippen LogP contribution >= 0.6 is 0 Å². The average molecular weight is 260 g/mol. The van der Waals surface area contributed by atoms with Crippen molar-refractivity contribution in [2.24, 2.45) is 0 Å². The molecule has 1 aromatic carbocycles. The van der Waals surface area contributed by atoms with Gasteiger partial charge in [0.1, 0.15) is 6.42 Å². The highest BCUT2D eigenvalue weighted by Gasteiger charge is 2.17. The number of ether oxygens (including phenoxy) is 3. The molecule has 0 amide bonds. The van der Waals surface area contributed by atoms with Crippen molar-refractivity contribution in [3.05, 3.63) is 35.4 Å². The van der Waals surface area contributed by atoms with E-state index in [4.69, 9.17) is 14.2 Å². The third-order valence-electron chi connectivity index (χ3n) is 2.55. The Kier molecular flexibility index (Phi) is 4.96. The molecule has 0 atom stereocenters. The number of hydrogen-bond donors (Lipinski definition) is 0. The van der Waals surface area contributed by atoms with E-state index in [2.05, 4.69) is 11.8 Å². The van der Waals surface area contributed by atoms with Crippen molar-refractivity contribution in [3.8, 4) is 11.8 Å². The minimum atomic E-state index is -0.299. The summed E-state index contributed by atoms with van der Waals surface area (Å²) < 4.78 is 15.7. The summed E-state index contributed by atoms with van der Waals surface area (Å²) >= 11 is 0. The Morgan fingerprint density at radius 1 is 1.42 bits per heavy atom. The fourth-order valence-electron chi connectivity index (χ4n) is 1.74. The van der Waals surface area contributed by atoms with E-state index in [1.54, 1.807) is 6.92 Å². The van der Waals surface area contributed by atoms with Gasteiger partial charge >= 0.3 is 5.97 Å². The Labute approximate surface area is 112 Å². The first-order valence-electron chi connectivity index (χ1n) is 6.27. The van der Waals surface area contributed by atoms with Crippen LogP contribution in [0.5, 0.6) is 0 Å². The lowest BCUT2D eigenvalue weighted by Crippen LogP contribution is -2.01. The van der Waals surface area contributed by atoms with E-state index in [0.717, 1.165) is 11.1 Å². The van der Waals surface area contributed by atoms with Crippen molar-refractivity contribution in [3.63, 3.8) is 0 Å². The van der Waals surface area contributed by atoms with Gasteiger partial charge in [0, 0.05) is 11.1 Å². The molecule has 0 spiro atoms. The van der Waals surface area contributed by atoms with Crippen LogP contribution in [0, 0.1) is 11.8 Å². The number of carbonyl (C=O) groups excluding carboxylic acids is 1. The van der Waals surface area contributed by atoms with Crippen molar-refractivity contribution in [2.45, 2.75) is 19.6 Å². The maximum Gasteiger partial charge on any atom is 0.317 e. The van der Waals surface area contributed by atoms with Crippen LogP contribution in [-0.4, -0.2) is 25.8 Å². The first-order chi connectivity index (χ1) is 9.29. The summed E-state index contributed by atoms with van der Waals surface area (Å²) in [5.41, 5.74) is 1.78. The van der Waals surface area contributed by atoms with Crippen molar-refractivity contribution >= 4 is 5.97 Å². The van der Waals surface area contributed by atoms with E-state index in [0.29, 0.717) is 19.8 Å². The number of rotatable bonds is 3. The van der Waals surface area contributed by atoms with Gasteiger partial charge in [0.15, 0.2) is 6.29 Å². The van der Waals surface area contributed by atoms with Gasteiger partial charge in [-0.2, -0.15) is 0 Å². The zero-order valence-corrected chi connectivity index (χ0v) is 10.8. The first-order valence-corrected chi connectivity index (χ1v) is 6.27. The Morgan fingerprint density at radius 3 is 2.95 bits per heavy atom. The highest BCUT2D eigenvalue weighted by atomic mass is 16.7. The minimum Gasteiger partial charge on any atom is -0.465 e. The van der Waals surface area contributed by atoms with E-state index >= 15 is 0 Å². The Hall–Kier alpha value is -1.83. The van der Waals surface area contributed by atoms with E-state index in [1.165, 1.54) is 0 Å². The lowest BCUT2D eigenvalue weighted by atomic mass is 10.1.